The predicted molar refractivity (Wildman–Crippen MR) is 44.8 cm³/mol. The molecule has 0 aromatic carbocycles. The maximum absolute atomic E-state index is 13.4. The first-order valence-electron chi connectivity index (χ1n) is 5.31. The first-order chi connectivity index (χ1) is 7.23. The van der Waals surface area contributed by atoms with Crippen molar-refractivity contribution in [1.29, 1.82) is 0 Å². The van der Waals surface area contributed by atoms with Crippen LogP contribution >= 0.6 is 0 Å². The van der Waals surface area contributed by atoms with Crippen LogP contribution in [-0.2, 0) is 0 Å². The van der Waals surface area contributed by atoms with Gasteiger partial charge in [-0.1, -0.05) is 6.42 Å². The van der Waals surface area contributed by atoms with E-state index in [1.807, 2.05) is 0 Å². The maximum atomic E-state index is 13.4. The molecule has 2 aliphatic rings. The van der Waals surface area contributed by atoms with Gasteiger partial charge in [-0.05, 0) is 31.1 Å². The fourth-order valence-electron chi connectivity index (χ4n) is 3.12. The molecular formula is C10H12F6. The molecule has 2 saturated carbocycles. The van der Waals surface area contributed by atoms with Crippen LogP contribution in [0.25, 0.3) is 0 Å². The zero-order valence-corrected chi connectivity index (χ0v) is 8.41. The van der Waals surface area contributed by atoms with Crippen LogP contribution in [0, 0.1) is 17.8 Å². The second-order valence-corrected chi connectivity index (χ2v) is 4.86. The van der Waals surface area contributed by atoms with E-state index in [9.17, 15) is 26.3 Å². The molecule has 2 rings (SSSR count). The van der Waals surface area contributed by atoms with Crippen molar-refractivity contribution in [3.8, 4) is 0 Å². The van der Waals surface area contributed by atoms with E-state index in [-0.39, 0.29) is 12.3 Å². The van der Waals surface area contributed by atoms with Crippen molar-refractivity contribution in [2.24, 2.45) is 17.8 Å². The summed E-state index contributed by atoms with van der Waals surface area (Å²) >= 11 is 0. The molecule has 6 heteroatoms. The van der Waals surface area contributed by atoms with Gasteiger partial charge >= 0.3 is 6.18 Å². The second kappa shape index (κ2) is 3.53. The smallest absolute Gasteiger partial charge is 0.231 e. The van der Waals surface area contributed by atoms with Crippen molar-refractivity contribution in [2.45, 2.75) is 44.0 Å². The van der Waals surface area contributed by atoms with E-state index >= 15 is 0 Å². The minimum atomic E-state index is -5.47. The van der Waals surface area contributed by atoms with E-state index < -0.39 is 30.1 Å². The van der Waals surface area contributed by atoms with Crippen LogP contribution in [0.3, 0.4) is 0 Å². The van der Waals surface area contributed by atoms with E-state index in [4.69, 9.17) is 0 Å². The van der Waals surface area contributed by atoms with Gasteiger partial charge in [-0.25, -0.2) is 13.2 Å². The van der Waals surface area contributed by atoms with Gasteiger partial charge in [0.2, 0.25) is 0 Å². The normalized spacial score (nSPS) is 36.8. The fraction of sp³-hybridized carbons (Fsp3) is 1.00. The van der Waals surface area contributed by atoms with Crippen LogP contribution in [-0.4, -0.2) is 18.3 Å². The molecule has 0 aliphatic heterocycles. The summed E-state index contributed by atoms with van der Waals surface area (Å²) in [5, 5.41) is 0. The van der Waals surface area contributed by atoms with Gasteiger partial charge < -0.3 is 0 Å². The summed E-state index contributed by atoms with van der Waals surface area (Å²) in [4.78, 5) is 0. The molecule has 2 aliphatic carbocycles. The molecule has 0 N–H and O–H groups in total. The van der Waals surface area contributed by atoms with Crippen LogP contribution in [0.2, 0.25) is 0 Å². The Kier molecular flexibility index (Phi) is 2.66. The minimum absolute atomic E-state index is 0.0359. The molecule has 0 aromatic heterocycles. The highest BCUT2D eigenvalue weighted by Crippen LogP contribution is 2.56. The molecule has 0 nitrogen and oxygen atoms in total. The van der Waals surface area contributed by atoms with Crippen molar-refractivity contribution in [3.63, 3.8) is 0 Å². The van der Waals surface area contributed by atoms with Crippen molar-refractivity contribution < 1.29 is 26.3 Å². The third kappa shape index (κ3) is 1.80. The summed E-state index contributed by atoms with van der Waals surface area (Å²) in [5.74, 6) is -6.05. The number of hydrogen-bond acceptors (Lipinski definition) is 0. The third-order valence-corrected chi connectivity index (χ3v) is 3.86. The first kappa shape index (κ1) is 12.0. The zero-order chi connectivity index (χ0) is 12.1. The van der Waals surface area contributed by atoms with E-state index in [1.54, 1.807) is 0 Å². The average Bonchev–Trinajstić information content (AvgIpc) is 2.75. The Labute approximate surface area is 89.0 Å². The largest absolute Gasteiger partial charge is 0.425 e. The summed E-state index contributed by atoms with van der Waals surface area (Å²) < 4.78 is 75.5. The van der Waals surface area contributed by atoms with Crippen LogP contribution in [0.15, 0.2) is 0 Å². The predicted octanol–water partition coefficient (Wildman–Crippen LogP) is 3.96. The van der Waals surface area contributed by atoms with E-state index in [0.29, 0.717) is 12.8 Å². The number of rotatable bonds is 2. The van der Waals surface area contributed by atoms with E-state index in [0.717, 1.165) is 6.42 Å². The van der Waals surface area contributed by atoms with Gasteiger partial charge in [0.05, 0.1) is 0 Å². The number of halogens is 6. The van der Waals surface area contributed by atoms with Crippen molar-refractivity contribution in [3.05, 3.63) is 0 Å². The van der Waals surface area contributed by atoms with Crippen molar-refractivity contribution in [2.75, 3.05) is 0 Å². The van der Waals surface area contributed by atoms with Crippen LogP contribution in [0.4, 0.5) is 26.3 Å². The highest BCUT2D eigenvalue weighted by Gasteiger charge is 2.63. The highest BCUT2D eigenvalue weighted by molar-refractivity contribution is 5.00. The monoisotopic (exact) mass is 246 g/mol. The fourth-order valence-corrected chi connectivity index (χ4v) is 3.12. The second-order valence-electron chi connectivity index (χ2n) is 4.86. The number of hydrogen-bond donors (Lipinski definition) is 0. The van der Waals surface area contributed by atoms with Gasteiger partial charge in [0.15, 0.2) is 0 Å². The van der Waals surface area contributed by atoms with Gasteiger partial charge in [-0.3, -0.25) is 0 Å². The van der Waals surface area contributed by atoms with Crippen molar-refractivity contribution in [1.82, 2.24) is 0 Å². The van der Waals surface area contributed by atoms with Gasteiger partial charge in [-0.2, -0.15) is 13.2 Å². The Morgan fingerprint density at radius 2 is 1.56 bits per heavy atom. The maximum Gasteiger partial charge on any atom is 0.425 e. The zero-order valence-electron chi connectivity index (χ0n) is 8.41. The van der Waals surface area contributed by atoms with Crippen molar-refractivity contribution >= 4 is 0 Å². The molecule has 1 unspecified atom stereocenters. The van der Waals surface area contributed by atoms with E-state index in [1.165, 1.54) is 0 Å². The molecule has 2 fully saturated rings. The lowest BCUT2D eigenvalue weighted by molar-refractivity contribution is -0.262. The average molecular weight is 246 g/mol. The molecule has 0 radical (unpaired) electrons. The topological polar surface area (TPSA) is 0 Å². The standard InChI is InChI=1S/C10H12F6/c11-8(10(14,15)16)9(12,13)7-4-5-1-2-6(7)3-5/h5-8H,1-4H2/t5-,6+,7+,8?/m0/s1. The minimum Gasteiger partial charge on any atom is -0.231 e. The van der Waals surface area contributed by atoms with Gasteiger partial charge in [-0.15, -0.1) is 0 Å². The quantitative estimate of drug-likeness (QED) is 0.647. The van der Waals surface area contributed by atoms with Crippen LogP contribution < -0.4 is 0 Å². The van der Waals surface area contributed by atoms with Gasteiger partial charge in [0.25, 0.3) is 12.1 Å². The summed E-state index contributed by atoms with van der Waals surface area (Å²) in [6.45, 7) is 0. The number of fused-ring (bicyclic) bond motifs is 2. The lowest BCUT2D eigenvalue weighted by Gasteiger charge is -2.32. The molecule has 0 spiro atoms. The molecule has 94 valence electrons. The van der Waals surface area contributed by atoms with Crippen LogP contribution in [0.5, 0.6) is 0 Å². The Bertz CT molecular complexity index is 271. The van der Waals surface area contributed by atoms with E-state index in [2.05, 4.69) is 0 Å². The third-order valence-electron chi connectivity index (χ3n) is 3.86. The molecule has 0 heterocycles. The number of alkyl halides is 6. The van der Waals surface area contributed by atoms with Gasteiger partial charge in [0, 0.05) is 5.92 Å². The highest BCUT2D eigenvalue weighted by atomic mass is 19.4. The first-order valence-corrected chi connectivity index (χ1v) is 5.31. The molecule has 0 amide bonds. The summed E-state index contributed by atoms with van der Waals surface area (Å²) in [5.41, 5.74) is 0. The molecule has 2 bridgehead atoms. The summed E-state index contributed by atoms with van der Waals surface area (Å²) in [6.07, 6.45) is -7.62. The Hall–Kier alpha value is -0.420. The lowest BCUT2D eigenvalue weighted by atomic mass is 9.82. The Balaban J connectivity index is 2.13. The molecule has 16 heavy (non-hydrogen) atoms. The molecule has 0 saturated heterocycles. The Morgan fingerprint density at radius 1 is 0.938 bits per heavy atom. The molecular weight excluding hydrogens is 234 g/mol. The summed E-state index contributed by atoms with van der Waals surface area (Å²) in [6, 6.07) is 0. The lowest BCUT2D eigenvalue weighted by Crippen LogP contribution is -2.48. The van der Waals surface area contributed by atoms with Crippen LogP contribution in [0.1, 0.15) is 25.7 Å². The van der Waals surface area contributed by atoms with Gasteiger partial charge in [0.1, 0.15) is 0 Å². The molecule has 4 atom stereocenters. The SMILES string of the molecule is FC(C(F)(F)F)C(F)(F)[C@@H]1C[C@H]2CC[C@@H]1C2. The Morgan fingerprint density at radius 3 is 1.94 bits per heavy atom. The molecule has 0 aromatic rings. The summed E-state index contributed by atoms with van der Waals surface area (Å²) in [7, 11) is 0.